The third-order valence-corrected chi connectivity index (χ3v) is 1.94. The van der Waals surface area contributed by atoms with Crippen molar-refractivity contribution >= 4 is 16.7 Å². The van der Waals surface area contributed by atoms with Gasteiger partial charge in [-0.1, -0.05) is 0 Å². The summed E-state index contributed by atoms with van der Waals surface area (Å²) >= 11 is 0. The third-order valence-electron chi connectivity index (χ3n) is 1.94. The van der Waals surface area contributed by atoms with Gasteiger partial charge < -0.3 is 4.57 Å². The molecule has 0 spiro atoms. The van der Waals surface area contributed by atoms with E-state index in [9.17, 15) is 10.1 Å². The largest absolute Gasteiger partial charge is 0.335 e. The highest BCUT2D eigenvalue weighted by molar-refractivity contribution is 5.85. The smallest absolute Gasteiger partial charge is 0.281 e. The third kappa shape index (κ3) is 1.05. The summed E-state index contributed by atoms with van der Waals surface area (Å²) in [5, 5.41) is 11.2. The maximum absolute atomic E-state index is 10.6. The second kappa shape index (κ2) is 2.55. The van der Waals surface area contributed by atoms with Crippen molar-refractivity contribution < 1.29 is 4.92 Å². The van der Waals surface area contributed by atoms with E-state index in [0.717, 1.165) is 0 Å². The highest BCUT2D eigenvalue weighted by Gasteiger charge is 2.13. The van der Waals surface area contributed by atoms with E-state index >= 15 is 0 Å². The molecular formula is C8H7N3O2. The first kappa shape index (κ1) is 7.72. The van der Waals surface area contributed by atoms with E-state index in [0.29, 0.717) is 11.0 Å². The predicted molar refractivity (Wildman–Crippen MR) is 47.4 cm³/mol. The van der Waals surface area contributed by atoms with Crippen molar-refractivity contribution in [1.29, 1.82) is 0 Å². The summed E-state index contributed by atoms with van der Waals surface area (Å²) in [6, 6.07) is 3.10. The number of fused-ring (bicyclic) bond motifs is 1. The molecule has 0 fully saturated rings. The summed E-state index contributed by atoms with van der Waals surface area (Å²) in [6.45, 7) is 0. The van der Waals surface area contributed by atoms with E-state index in [1.54, 1.807) is 23.9 Å². The Morgan fingerprint density at radius 2 is 2.31 bits per heavy atom. The zero-order chi connectivity index (χ0) is 9.42. The Hall–Kier alpha value is -1.91. The van der Waals surface area contributed by atoms with Gasteiger partial charge in [0, 0.05) is 25.5 Å². The zero-order valence-corrected chi connectivity index (χ0v) is 6.97. The Morgan fingerprint density at radius 3 is 3.00 bits per heavy atom. The molecule has 66 valence electrons. The van der Waals surface area contributed by atoms with Crippen LogP contribution in [0.3, 0.4) is 0 Å². The molecule has 0 aliphatic carbocycles. The summed E-state index contributed by atoms with van der Waals surface area (Å²) in [6.07, 6.45) is 3.20. The van der Waals surface area contributed by atoms with Crippen LogP contribution in [0.1, 0.15) is 0 Å². The van der Waals surface area contributed by atoms with Gasteiger partial charge in [-0.05, 0) is 6.07 Å². The van der Waals surface area contributed by atoms with Gasteiger partial charge in [0.1, 0.15) is 5.65 Å². The first-order chi connectivity index (χ1) is 6.20. The molecule has 0 aliphatic rings. The van der Waals surface area contributed by atoms with Crippen LogP contribution >= 0.6 is 0 Å². The van der Waals surface area contributed by atoms with E-state index in [2.05, 4.69) is 4.98 Å². The number of nitro groups is 1. The van der Waals surface area contributed by atoms with Gasteiger partial charge in [0.05, 0.1) is 10.3 Å². The molecule has 2 aromatic heterocycles. The second-order valence-corrected chi connectivity index (χ2v) is 2.75. The second-order valence-electron chi connectivity index (χ2n) is 2.75. The molecule has 2 aromatic rings. The zero-order valence-electron chi connectivity index (χ0n) is 6.97. The minimum Gasteiger partial charge on any atom is -0.335 e. The van der Waals surface area contributed by atoms with Crippen molar-refractivity contribution in [3.8, 4) is 0 Å². The Labute approximate surface area is 73.8 Å². The minimum atomic E-state index is -0.399. The molecule has 5 nitrogen and oxygen atoms in total. The van der Waals surface area contributed by atoms with Gasteiger partial charge in [-0.25, -0.2) is 4.98 Å². The predicted octanol–water partition coefficient (Wildman–Crippen LogP) is 1.48. The van der Waals surface area contributed by atoms with Crippen LogP contribution in [-0.4, -0.2) is 14.5 Å². The molecule has 0 unspecified atom stereocenters. The molecule has 0 atom stereocenters. The average molecular weight is 177 g/mol. The van der Waals surface area contributed by atoms with E-state index in [-0.39, 0.29) is 5.69 Å². The number of aromatic nitrogens is 2. The summed E-state index contributed by atoms with van der Waals surface area (Å²) in [5.74, 6) is 0. The average Bonchev–Trinajstić information content (AvgIpc) is 2.48. The Bertz CT molecular complexity index is 475. The first-order valence-corrected chi connectivity index (χ1v) is 3.74. The molecule has 0 radical (unpaired) electrons. The fourth-order valence-electron chi connectivity index (χ4n) is 1.31. The quantitative estimate of drug-likeness (QED) is 0.489. The molecule has 0 N–H and O–H groups in total. The molecular weight excluding hydrogens is 170 g/mol. The fourth-order valence-corrected chi connectivity index (χ4v) is 1.31. The lowest BCUT2D eigenvalue weighted by atomic mass is 10.3. The van der Waals surface area contributed by atoms with Gasteiger partial charge >= 0.3 is 0 Å². The van der Waals surface area contributed by atoms with Crippen molar-refractivity contribution in [1.82, 2.24) is 9.55 Å². The van der Waals surface area contributed by atoms with Crippen molar-refractivity contribution in [3.05, 3.63) is 34.6 Å². The lowest BCUT2D eigenvalue weighted by Gasteiger charge is -1.94. The topological polar surface area (TPSA) is 61.0 Å². The number of aryl methyl sites for hydroxylation is 1. The van der Waals surface area contributed by atoms with E-state index < -0.39 is 4.92 Å². The normalized spacial score (nSPS) is 10.5. The molecule has 0 amide bonds. The number of nitrogens with zero attached hydrogens (tertiary/aromatic N) is 3. The van der Waals surface area contributed by atoms with Gasteiger partial charge in [-0.15, -0.1) is 0 Å². The monoisotopic (exact) mass is 177 g/mol. The lowest BCUT2D eigenvalue weighted by molar-refractivity contribution is -0.383. The van der Waals surface area contributed by atoms with Crippen molar-refractivity contribution in [2.75, 3.05) is 0 Å². The van der Waals surface area contributed by atoms with E-state index in [1.165, 1.54) is 12.3 Å². The molecule has 2 rings (SSSR count). The van der Waals surface area contributed by atoms with Crippen LogP contribution in [0.4, 0.5) is 5.69 Å². The number of pyridine rings is 1. The standard InChI is InChI=1S/C8H7N3O2/c1-10-5-3-6-7(11(12)13)2-4-9-8(6)10/h2-5H,1H3. The number of hydrogen-bond acceptors (Lipinski definition) is 3. The van der Waals surface area contributed by atoms with E-state index in [4.69, 9.17) is 0 Å². The fraction of sp³-hybridized carbons (Fsp3) is 0.125. The maximum atomic E-state index is 10.6. The van der Waals surface area contributed by atoms with Crippen LogP contribution in [0.15, 0.2) is 24.5 Å². The molecule has 13 heavy (non-hydrogen) atoms. The molecule has 0 saturated heterocycles. The molecule has 2 heterocycles. The number of hydrogen-bond donors (Lipinski definition) is 0. The van der Waals surface area contributed by atoms with Crippen LogP contribution in [0, 0.1) is 10.1 Å². The van der Waals surface area contributed by atoms with Gasteiger partial charge in [0.15, 0.2) is 0 Å². The van der Waals surface area contributed by atoms with Crippen LogP contribution < -0.4 is 0 Å². The molecule has 5 heteroatoms. The van der Waals surface area contributed by atoms with Gasteiger partial charge in [-0.3, -0.25) is 10.1 Å². The minimum absolute atomic E-state index is 0.102. The van der Waals surface area contributed by atoms with Crippen LogP contribution in [0.2, 0.25) is 0 Å². The Morgan fingerprint density at radius 1 is 1.54 bits per heavy atom. The summed E-state index contributed by atoms with van der Waals surface area (Å²) < 4.78 is 1.75. The Balaban J connectivity index is 2.84. The molecule has 0 aliphatic heterocycles. The van der Waals surface area contributed by atoms with Crippen molar-refractivity contribution in [3.63, 3.8) is 0 Å². The van der Waals surface area contributed by atoms with Crippen LogP contribution in [-0.2, 0) is 7.05 Å². The van der Waals surface area contributed by atoms with Crippen LogP contribution in [0.5, 0.6) is 0 Å². The SMILES string of the molecule is Cn1ccc2c([N+](=O)[O-])ccnc21. The highest BCUT2D eigenvalue weighted by Crippen LogP contribution is 2.23. The van der Waals surface area contributed by atoms with Crippen LogP contribution in [0.25, 0.3) is 11.0 Å². The summed E-state index contributed by atoms with van der Waals surface area (Å²) in [5.41, 5.74) is 0.736. The van der Waals surface area contributed by atoms with Gasteiger partial charge in [-0.2, -0.15) is 0 Å². The molecule has 0 aromatic carbocycles. The molecule has 0 saturated carbocycles. The number of rotatable bonds is 1. The van der Waals surface area contributed by atoms with Crippen molar-refractivity contribution in [2.45, 2.75) is 0 Å². The summed E-state index contributed by atoms with van der Waals surface area (Å²) in [4.78, 5) is 14.2. The van der Waals surface area contributed by atoms with E-state index in [1.807, 2.05) is 0 Å². The first-order valence-electron chi connectivity index (χ1n) is 3.74. The maximum Gasteiger partial charge on any atom is 0.281 e. The van der Waals surface area contributed by atoms with Crippen molar-refractivity contribution in [2.24, 2.45) is 7.05 Å². The molecule has 0 bridgehead atoms. The van der Waals surface area contributed by atoms with Gasteiger partial charge in [0.25, 0.3) is 5.69 Å². The lowest BCUT2D eigenvalue weighted by Crippen LogP contribution is -1.91. The van der Waals surface area contributed by atoms with Gasteiger partial charge in [0.2, 0.25) is 0 Å². The Kier molecular flexibility index (Phi) is 1.51. The summed E-state index contributed by atoms with van der Waals surface area (Å²) in [7, 11) is 1.80. The highest BCUT2D eigenvalue weighted by atomic mass is 16.6.